The van der Waals surface area contributed by atoms with Gasteiger partial charge in [-0.2, -0.15) is 0 Å². The number of allylic oxidation sites excluding steroid dienone is 1. The Labute approximate surface area is 184 Å². The third kappa shape index (κ3) is 4.64. The number of aliphatic hydroxyl groups is 1. The van der Waals surface area contributed by atoms with Crippen molar-refractivity contribution in [1.29, 1.82) is 0 Å². The van der Waals surface area contributed by atoms with Gasteiger partial charge in [0.1, 0.15) is 11.6 Å². The number of halogens is 2. The Morgan fingerprint density at radius 1 is 1.38 bits per heavy atom. The van der Waals surface area contributed by atoms with Crippen molar-refractivity contribution in [2.24, 2.45) is 0 Å². The molecule has 3 rings (SSSR count). The van der Waals surface area contributed by atoms with Gasteiger partial charge in [0.25, 0.3) is 5.91 Å². The van der Waals surface area contributed by atoms with Crippen LogP contribution in [0.1, 0.15) is 25.3 Å². The first-order chi connectivity index (χ1) is 15.2. The number of carbonyl (C=O) groups is 3. The van der Waals surface area contributed by atoms with E-state index in [1.807, 2.05) is 0 Å². The van der Waals surface area contributed by atoms with E-state index in [9.17, 15) is 28.3 Å². The number of likely N-dealkylation sites (N-methyl/N-ethyl adjacent to an activating group) is 1. The second-order valence-corrected chi connectivity index (χ2v) is 7.99. The molecule has 2 N–H and O–H groups in total. The molecule has 2 aliphatic heterocycles. The number of hydrogen-bond acceptors (Lipinski definition) is 6. The Morgan fingerprint density at radius 2 is 2.12 bits per heavy atom. The molecule has 0 bridgehead atoms. The lowest BCUT2D eigenvalue weighted by Gasteiger charge is -2.51. The summed E-state index contributed by atoms with van der Waals surface area (Å²) in [6.45, 7) is 2.36. The molecule has 1 spiro atoms. The Hall–Kier alpha value is -3.27. The van der Waals surface area contributed by atoms with E-state index in [0.29, 0.717) is 19.4 Å². The van der Waals surface area contributed by atoms with E-state index < -0.39 is 34.7 Å². The lowest BCUT2D eigenvalue weighted by Crippen LogP contribution is -2.64. The summed E-state index contributed by atoms with van der Waals surface area (Å²) in [6, 6.07) is 3.06. The fraction of sp³-hybridized carbons (Fsp3) is 0.409. The number of aliphatic hydroxyl groups excluding tert-OH is 1. The van der Waals surface area contributed by atoms with Crippen molar-refractivity contribution in [1.82, 2.24) is 15.1 Å². The average molecular weight is 449 g/mol. The summed E-state index contributed by atoms with van der Waals surface area (Å²) < 4.78 is 32.5. The summed E-state index contributed by atoms with van der Waals surface area (Å²) in [5.74, 6) is -3.37. The molecule has 2 amide bonds. The summed E-state index contributed by atoms with van der Waals surface area (Å²) in [5, 5.41) is 12.7. The molecule has 1 aromatic carbocycles. The van der Waals surface area contributed by atoms with Crippen LogP contribution in [0.4, 0.5) is 8.78 Å². The highest BCUT2D eigenvalue weighted by Crippen LogP contribution is 2.36. The minimum Gasteiger partial charge on any atom is -0.503 e. The van der Waals surface area contributed by atoms with Crippen LogP contribution in [0.25, 0.3) is 0 Å². The van der Waals surface area contributed by atoms with Crippen LogP contribution in [-0.4, -0.2) is 65.4 Å². The van der Waals surface area contributed by atoms with Crippen molar-refractivity contribution in [3.63, 3.8) is 0 Å². The first kappa shape index (κ1) is 23.4. The number of rotatable bonds is 5. The standard InChI is InChI=1S/C22H25F2N3O5/c1-14(20(30)25-9-15-4-5-16(23)8-17(15)24)10-27-19(18(29)11-28)21(31)26(2)12-22(27)6-3-7-32-13-22/h4-5,8,10-11,29H,3,6-7,9,12-13H2,1-2H3,(H,25,30)/b14-10+,19-18+. The maximum Gasteiger partial charge on any atom is 0.274 e. The van der Waals surface area contributed by atoms with Crippen LogP contribution >= 0.6 is 0 Å². The topological polar surface area (TPSA) is 99.2 Å². The molecule has 172 valence electrons. The fourth-order valence-corrected chi connectivity index (χ4v) is 3.99. The molecule has 1 aromatic rings. The largest absolute Gasteiger partial charge is 0.503 e. The molecule has 2 heterocycles. The summed E-state index contributed by atoms with van der Waals surface area (Å²) in [5.41, 5.74) is -0.738. The highest BCUT2D eigenvalue weighted by atomic mass is 19.1. The van der Waals surface area contributed by atoms with Gasteiger partial charge < -0.3 is 25.0 Å². The lowest BCUT2D eigenvalue weighted by molar-refractivity contribution is -0.139. The number of hydrogen-bond donors (Lipinski definition) is 2. The van der Waals surface area contributed by atoms with E-state index in [2.05, 4.69) is 5.32 Å². The van der Waals surface area contributed by atoms with E-state index in [4.69, 9.17) is 4.74 Å². The number of nitrogens with one attached hydrogen (secondary N) is 1. The van der Waals surface area contributed by atoms with Crippen molar-refractivity contribution >= 4 is 18.1 Å². The number of benzene rings is 1. The highest BCUT2D eigenvalue weighted by Gasteiger charge is 2.48. The van der Waals surface area contributed by atoms with Crippen molar-refractivity contribution in [2.45, 2.75) is 31.8 Å². The predicted octanol–water partition coefficient (Wildman–Crippen LogP) is 1.78. The second kappa shape index (κ2) is 9.47. The second-order valence-electron chi connectivity index (χ2n) is 7.99. The van der Waals surface area contributed by atoms with Crippen LogP contribution in [-0.2, 0) is 25.7 Å². The minimum atomic E-state index is -0.781. The number of amides is 2. The molecule has 0 radical (unpaired) electrons. The highest BCUT2D eigenvalue weighted by molar-refractivity contribution is 5.99. The lowest BCUT2D eigenvalue weighted by atomic mass is 9.86. The zero-order valence-corrected chi connectivity index (χ0v) is 17.9. The van der Waals surface area contributed by atoms with Crippen molar-refractivity contribution in [3.05, 3.63) is 58.6 Å². The van der Waals surface area contributed by atoms with Crippen LogP contribution in [0.5, 0.6) is 0 Å². The van der Waals surface area contributed by atoms with Gasteiger partial charge >= 0.3 is 0 Å². The van der Waals surface area contributed by atoms with E-state index in [1.165, 1.54) is 29.0 Å². The molecule has 0 saturated carbocycles. The van der Waals surface area contributed by atoms with Gasteiger partial charge in [0.2, 0.25) is 5.91 Å². The molecule has 2 aliphatic rings. The molecule has 8 nitrogen and oxygen atoms in total. The molecule has 32 heavy (non-hydrogen) atoms. The van der Waals surface area contributed by atoms with Gasteiger partial charge in [-0.15, -0.1) is 0 Å². The molecular formula is C22H25F2N3O5. The Bertz CT molecular complexity index is 986. The van der Waals surface area contributed by atoms with Gasteiger partial charge in [0, 0.05) is 50.1 Å². The molecule has 1 unspecified atom stereocenters. The van der Waals surface area contributed by atoms with Crippen LogP contribution < -0.4 is 5.32 Å². The van der Waals surface area contributed by atoms with Crippen LogP contribution in [0.3, 0.4) is 0 Å². The van der Waals surface area contributed by atoms with Crippen LogP contribution in [0.15, 0.2) is 41.4 Å². The predicted molar refractivity (Wildman–Crippen MR) is 110 cm³/mol. The molecule has 2 saturated heterocycles. The van der Waals surface area contributed by atoms with Crippen molar-refractivity contribution < 1.29 is 33.0 Å². The number of ether oxygens (including phenoxy) is 1. The summed E-state index contributed by atoms with van der Waals surface area (Å²) >= 11 is 0. The Balaban J connectivity index is 1.90. The molecule has 10 heteroatoms. The first-order valence-corrected chi connectivity index (χ1v) is 10.1. The molecule has 0 aliphatic carbocycles. The van der Waals surface area contributed by atoms with E-state index in [0.717, 1.165) is 12.1 Å². The molecule has 2 fully saturated rings. The third-order valence-corrected chi connectivity index (χ3v) is 5.62. The fourth-order valence-electron chi connectivity index (χ4n) is 3.99. The van der Waals surface area contributed by atoms with E-state index in [-0.39, 0.29) is 42.8 Å². The third-order valence-electron chi connectivity index (χ3n) is 5.62. The average Bonchev–Trinajstić information content (AvgIpc) is 2.77. The van der Waals surface area contributed by atoms with Gasteiger partial charge in [-0.25, -0.2) is 8.78 Å². The van der Waals surface area contributed by atoms with Gasteiger partial charge in [-0.05, 0) is 25.8 Å². The van der Waals surface area contributed by atoms with Gasteiger partial charge in [0.15, 0.2) is 17.7 Å². The molecule has 0 aromatic heterocycles. The molecular weight excluding hydrogens is 424 g/mol. The maximum absolute atomic E-state index is 13.8. The quantitative estimate of drug-likeness (QED) is 0.404. The summed E-state index contributed by atoms with van der Waals surface area (Å²) in [4.78, 5) is 39.6. The minimum absolute atomic E-state index is 0.110. The van der Waals surface area contributed by atoms with Crippen molar-refractivity contribution in [2.75, 3.05) is 26.8 Å². The number of piperazine rings is 1. The van der Waals surface area contributed by atoms with E-state index in [1.54, 1.807) is 7.05 Å². The van der Waals surface area contributed by atoms with Crippen LogP contribution in [0.2, 0.25) is 0 Å². The van der Waals surface area contributed by atoms with Crippen LogP contribution in [0, 0.1) is 11.6 Å². The molecule has 1 atom stereocenters. The van der Waals surface area contributed by atoms with Gasteiger partial charge in [0.05, 0.1) is 12.1 Å². The Morgan fingerprint density at radius 3 is 2.75 bits per heavy atom. The monoisotopic (exact) mass is 449 g/mol. The maximum atomic E-state index is 13.8. The smallest absolute Gasteiger partial charge is 0.274 e. The summed E-state index contributed by atoms with van der Waals surface area (Å²) in [6.07, 6.45) is 2.87. The van der Waals surface area contributed by atoms with Crippen molar-refractivity contribution in [3.8, 4) is 0 Å². The Kier molecular flexibility index (Phi) is 6.93. The van der Waals surface area contributed by atoms with E-state index >= 15 is 0 Å². The summed E-state index contributed by atoms with van der Waals surface area (Å²) in [7, 11) is 1.56. The number of carbonyl (C=O) groups excluding carboxylic acids is 3. The number of aldehydes is 1. The zero-order chi connectivity index (χ0) is 23.5. The first-order valence-electron chi connectivity index (χ1n) is 10.1. The normalized spacial score (nSPS) is 23.4. The zero-order valence-electron chi connectivity index (χ0n) is 17.9. The SMILES string of the molecule is C/C(=C\N1/C(=C(/O)C=O)C(=O)N(C)CC12CCCOC2)C(=O)NCc1ccc(F)cc1F. The number of nitrogens with zero attached hydrogens (tertiary/aromatic N) is 2. The van der Waals surface area contributed by atoms with Gasteiger partial charge in [-0.3, -0.25) is 14.4 Å². The van der Waals surface area contributed by atoms with Gasteiger partial charge in [-0.1, -0.05) is 6.07 Å².